The third kappa shape index (κ3) is 2.84. The molecule has 0 fully saturated rings. The number of carbonyl (C=O) groups is 1. The van der Waals surface area contributed by atoms with Crippen molar-refractivity contribution >= 4 is 60.8 Å². The van der Waals surface area contributed by atoms with Crippen LogP contribution in [0, 0.1) is 0 Å². The molecule has 2 N–H and O–H groups in total. The SMILES string of the molecule is O=C(Nc1nc2ccc(Br)cc2[nH]1)C1=Cc2ccc(Br)cc2C1. The summed E-state index contributed by atoms with van der Waals surface area (Å²) in [5, 5.41) is 2.84. The van der Waals surface area contributed by atoms with E-state index in [-0.39, 0.29) is 5.91 Å². The third-order valence-electron chi connectivity index (χ3n) is 3.78. The normalized spacial score (nSPS) is 13.0. The van der Waals surface area contributed by atoms with Gasteiger partial charge < -0.3 is 4.98 Å². The Labute approximate surface area is 149 Å². The minimum atomic E-state index is -0.129. The second kappa shape index (κ2) is 5.62. The maximum atomic E-state index is 12.5. The summed E-state index contributed by atoms with van der Waals surface area (Å²) in [6, 6.07) is 11.8. The van der Waals surface area contributed by atoms with Gasteiger partial charge in [0, 0.05) is 20.9 Å². The van der Waals surface area contributed by atoms with Crippen LogP contribution in [0.4, 0.5) is 5.95 Å². The van der Waals surface area contributed by atoms with Crippen LogP contribution in [0.1, 0.15) is 11.1 Å². The van der Waals surface area contributed by atoms with Crippen molar-refractivity contribution in [1.82, 2.24) is 9.97 Å². The first-order valence-corrected chi connectivity index (χ1v) is 8.63. The topological polar surface area (TPSA) is 57.8 Å². The van der Waals surface area contributed by atoms with Crippen molar-refractivity contribution in [3.8, 4) is 0 Å². The minimum absolute atomic E-state index is 0.129. The average molecular weight is 433 g/mol. The zero-order valence-corrected chi connectivity index (χ0v) is 15.0. The Morgan fingerprint density at radius 2 is 1.91 bits per heavy atom. The van der Waals surface area contributed by atoms with E-state index in [4.69, 9.17) is 0 Å². The van der Waals surface area contributed by atoms with Crippen LogP contribution >= 0.6 is 31.9 Å². The number of carbonyl (C=O) groups excluding carboxylic acids is 1. The number of hydrogen-bond donors (Lipinski definition) is 2. The number of imidazole rings is 1. The summed E-state index contributed by atoms with van der Waals surface area (Å²) in [6.07, 6.45) is 2.56. The molecule has 0 radical (unpaired) electrons. The van der Waals surface area contributed by atoms with E-state index in [1.165, 1.54) is 0 Å². The van der Waals surface area contributed by atoms with Gasteiger partial charge in [-0.15, -0.1) is 0 Å². The van der Waals surface area contributed by atoms with Gasteiger partial charge in [-0.1, -0.05) is 37.9 Å². The van der Waals surface area contributed by atoms with Crippen LogP contribution in [0.3, 0.4) is 0 Å². The largest absolute Gasteiger partial charge is 0.324 e. The highest BCUT2D eigenvalue weighted by atomic mass is 79.9. The summed E-state index contributed by atoms with van der Waals surface area (Å²) >= 11 is 6.88. The molecule has 1 aromatic heterocycles. The number of benzene rings is 2. The number of hydrogen-bond acceptors (Lipinski definition) is 2. The van der Waals surface area contributed by atoms with Crippen molar-refractivity contribution in [2.24, 2.45) is 0 Å². The number of amides is 1. The van der Waals surface area contributed by atoms with Gasteiger partial charge >= 0.3 is 0 Å². The molecule has 2 aromatic carbocycles. The molecule has 0 aliphatic heterocycles. The lowest BCUT2D eigenvalue weighted by molar-refractivity contribution is -0.112. The van der Waals surface area contributed by atoms with Gasteiger partial charge in [0.1, 0.15) is 0 Å². The number of aromatic amines is 1. The van der Waals surface area contributed by atoms with E-state index in [1.54, 1.807) is 0 Å². The Balaban J connectivity index is 1.56. The average Bonchev–Trinajstić information content (AvgIpc) is 3.09. The fourth-order valence-corrected chi connectivity index (χ4v) is 3.46. The number of rotatable bonds is 2. The number of anilines is 1. The summed E-state index contributed by atoms with van der Waals surface area (Å²) in [6.45, 7) is 0. The van der Waals surface area contributed by atoms with Gasteiger partial charge in [0.25, 0.3) is 5.91 Å². The molecule has 1 amide bonds. The molecule has 1 heterocycles. The zero-order valence-electron chi connectivity index (χ0n) is 11.9. The number of halogens is 2. The van der Waals surface area contributed by atoms with Gasteiger partial charge in [-0.2, -0.15) is 0 Å². The molecule has 0 unspecified atom stereocenters. The van der Waals surface area contributed by atoms with Gasteiger partial charge in [0.05, 0.1) is 11.0 Å². The lowest BCUT2D eigenvalue weighted by Crippen LogP contribution is -2.15. The molecule has 1 aliphatic rings. The molecule has 0 spiro atoms. The molecule has 6 heteroatoms. The van der Waals surface area contributed by atoms with Crippen molar-refractivity contribution in [2.75, 3.05) is 5.32 Å². The van der Waals surface area contributed by atoms with E-state index < -0.39 is 0 Å². The summed E-state index contributed by atoms with van der Waals surface area (Å²) in [5.41, 5.74) is 4.67. The highest BCUT2D eigenvalue weighted by Gasteiger charge is 2.19. The van der Waals surface area contributed by atoms with Crippen LogP contribution in [0.15, 0.2) is 50.9 Å². The molecule has 3 aromatic rings. The number of nitrogens with zero attached hydrogens (tertiary/aromatic N) is 1. The van der Waals surface area contributed by atoms with E-state index in [0.29, 0.717) is 12.4 Å². The molecule has 0 atom stereocenters. The molecule has 23 heavy (non-hydrogen) atoms. The monoisotopic (exact) mass is 431 g/mol. The zero-order chi connectivity index (χ0) is 16.0. The lowest BCUT2D eigenvalue weighted by atomic mass is 10.1. The number of aromatic nitrogens is 2. The second-order valence-corrected chi connectivity index (χ2v) is 7.22. The first kappa shape index (κ1) is 14.7. The van der Waals surface area contributed by atoms with Crippen molar-refractivity contribution < 1.29 is 4.79 Å². The van der Waals surface area contributed by atoms with E-state index in [1.807, 2.05) is 42.5 Å². The molecular weight excluding hydrogens is 422 g/mol. The van der Waals surface area contributed by atoms with E-state index >= 15 is 0 Å². The highest BCUT2D eigenvalue weighted by Crippen LogP contribution is 2.28. The first-order valence-electron chi connectivity index (χ1n) is 7.04. The van der Waals surface area contributed by atoms with Crippen LogP contribution < -0.4 is 5.32 Å². The summed E-state index contributed by atoms with van der Waals surface area (Å²) in [7, 11) is 0. The Morgan fingerprint density at radius 3 is 2.78 bits per heavy atom. The van der Waals surface area contributed by atoms with Gasteiger partial charge in [-0.3, -0.25) is 10.1 Å². The van der Waals surface area contributed by atoms with Gasteiger partial charge in [0.2, 0.25) is 5.95 Å². The minimum Gasteiger partial charge on any atom is -0.324 e. The van der Waals surface area contributed by atoms with Crippen LogP contribution in [0.5, 0.6) is 0 Å². The Morgan fingerprint density at radius 1 is 1.13 bits per heavy atom. The molecule has 114 valence electrons. The maximum Gasteiger partial charge on any atom is 0.254 e. The van der Waals surface area contributed by atoms with E-state index in [9.17, 15) is 4.79 Å². The third-order valence-corrected chi connectivity index (χ3v) is 4.77. The molecule has 1 aliphatic carbocycles. The second-order valence-electron chi connectivity index (χ2n) is 5.39. The summed E-state index contributed by atoms with van der Waals surface area (Å²) < 4.78 is 1.99. The number of nitrogens with one attached hydrogen (secondary N) is 2. The first-order chi connectivity index (χ1) is 11.1. The van der Waals surface area contributed by atoms with Crippen molar-refractivity contribution in [3.63, 3.8) is 0 Å². The quantitative estimate of drug-likeness (QED) is 0.618. The van der Waals surface area contributed by atoms with Crippen molar-refractivity contribution in [1.29, 1.82) is 0 Å². The maximum absolute atomic E-state index is 12.5. The van der Waals surface area contributed by atoms with Crippen molar-refractivity contribution in [2.45, 2.75) is 6.42 Å². The Hall–Kier alpha value is -1.92. The molecule has 0 saturated heterocycles. The number of H-pyrrole nitrogens is 1. The standard InChI is InChI=1S/C17H11Br2N3O/c18-12-2-1-9-5-11(6-10(9)7-12)16(23)22-17-20-14-4-3-13(19)8-15(14)21-17/h1-5,7-8H,6H2,(H2,20,21,22,23). The molecule has 4 rings (SSSR count). The van der Waals surface area contributed by atoms with E-state index in [2.05, 4.69) is 47.1 Å². The van der Waals surface area contributed by atoms with Gasteiger partial charge in [0.15, 0.2) is 0 Å². The van der Waals surface area contributed by atoms with Crippen LogP contribution in [0.25, 0.3) is 17.1 Å². The predicted octanol–water partition coefficient (Wildman–Crippen LogP) is 4.67. The molecule has 4 nitrogen and oxygen atoms in total. The van der Waals surface area contributed by atoms with Crippen LogP contribution in [-0.2, 0) is 11.2 Å². The fraction of sp³-hybridized carbons (Fsp3) is 0.0588. The number of fused-ring (bicyclic) bond motifs is 2. The summed E-state index contributed by atoms with van der Waals surface area (Å²) in [5.74, 6) is 0.330. The highest BCUT2D eigenvalue weighted by molar-refractivity contribution is 9.10. The molecular formula is C17H11Br2N3O. The Bertz CT molecular complexity index is 975. The molecule has 0 bridgehead atoms. The summed E-state index contributed by atoms with van der Waals surface area (Å²) in [4.78, 5) is 20.0. The molecule has 0 saturated carbocycles. The van der Waals surface area contributed by atoms with Crippen molar-refractivity contribution in [3.05, 3.63) is 62.0 Å². The van der Waals surface area contributed by atoms with Gasteiger partial charge in [-0.25, -0.2) is 4.98 Å². The lowest BCUT2D eigenvalue weighted by Gasteiger charge is -2.02. The van der Waals surface area contributed by atoms with Crippen LogP contribution in [0.2, 0.25) is 0 Å². The van der Waals surface area contributed by atoms with Crippen LogP contribution in [-0.4, -0.2) is 15.9 Å². The predicted molar refractivity (Wildman–Crippen MR) is 98.2 cm³/mol. The van der Waals surface area contributed by atoms with E-state index in [0.717, 1.165) is 36.7 Å². The fourth-order valence-electron chi connectivity index (χ4n) is 2.69. The smallest absolute Gasteiger partial charge is 0.254 e. The Kier molecular flexibility index (Phi) is 3.58. The van der Waals surface area contributed by atoms with Gasteiger partial charge in [-0.05, 0) is 47.5 Å².